The second kappa shape index (κ2) is 8.11. The molecule has 1 atom stereocenters. The third kappa shape index (κ3) is 3.62. The first-order chi connectivity index (χ1) is 15.5. The molecular weight excluding hydrogens is 413 g/mol. The molecule has 0 radical (unpaired) electrons. The topological polar surface area (TPSA) is 84.7 Å². The molecule has 5 rings (SSSR count). The van der Waals surface area contributed by atoms with E-state index in [0.29, 0.717) is 23.6 Å². The highest BCUT2D eigenvalue weighted by atomic mass is 19.1. The Labute approximate surface area is 184 Å². The van der Waals surface area contributed by atoms with Gasteiger partial charge in [-0.2, -0.15) is 0 Å². The van der Waals surface area contributed by atoms with Gasteiger partial charge in [0, 0.05) is 29.3 Å². The molecule has 2 aliphatic rings. The molecule has 164 valence electrons. The third-order valence-electron chi connectivity index (χ3n) is 5.89. The van der Waals surface area contributed by atoms with Crippen molar-refractivity contribution in [1.29, 1.82) is 0 Å². The number of nitrogens with one attached hydrogen (secondary N) is 1. The molecule has 2 aromatic carbocycles. The van der Waals surface area contributed by atoms with Crippen molar-refractivity contribution in [2.45, 2.75) is 32.3 Å². The molecule has 2 heterocycles. The van der Waals surface area contributed by atoms with Crippen molar-refractivity contribution < 1.29 is 23.2 Å². The highest BCUT2D eigenvalue weighted by Gasteiger charge is 2.33. The van der Waals surface area contributed by atoms with Crippen molar-refractivity contribution in [3.63, 3.8) is 0 Å². The maximum Gasteiger partial charge on any atom is 0.414 e. The number of ether oxygens (including phenoxy) is 1. The first-order valence-electron chi connectivity index (χ1n) is 10.6. The first-order valence-corrected chi connectivity index (χ1v) is 10.6. The second-order valence-corrected chi connectivity index (χ2v) is 8.07. The first kappa shape index (κ1) is 20.2. The molecule has 3 aromatic rings. The Balaban J connectivity index is 1.45. The molecule has 7 nitrogen and oxygen atoms in total. The number of anilines is 1. The number of aromatic nitrogens is 1. The van der Waals surface area contributed by atoms with Gasteiger partial charge < -0.3 is 14.6 Å². The van der Waals surface area contributed by atoms with Gasteiger partial charge in [0.25, 0.3) is 0 Å². The van der Waals surface area contributed by atoms with E-state index in [-0.39, 0.29) is 18.3 Å². The van der Waals surface area contributed by atoms with E-state index >= 15 is 0 Å². The van der Waals surface area contributed by atoms with Crippen LogP contribution in [0.3, 0.4) is 0 Å². The zero-order chi connectivity index (χ0) is 22.2. The van der Waals surface area contributed by atoms with Gasteiger partial charge in [-0.1, -0.05) is 17.3 Å². The molecule has 1 N–H and O–H groups in total. The summed E-state index contributed by atoms with van der Waals surface area (Å²) in [5.41, 5.74) is 4.55. The number of benzene rings is 2. The number of carbonyl (C=O) groups is 2. The van der Waals surface area contributed by atoms with E-state index in [1.165, 1.54) is 13.0 Å². The minimum Gasteiger partial charge on any atom is -0.442 e. The van der Waals surface area contributed by atoms with Crippen LogP contribution in [0.25, 0.3) is 22.6 Å². The molecule has 1 aromatic heterocycles. The van der Waals surface area contributed by atoms with Crippen LogP contribution in [-0.4, -0.2) is 36.4 Å². The summed E-state index contributed by atoms with van der Waals surface area (Å²) in [7, 11) is 0. The predicted octanol–water partition coefficient (Wildman–Crippen LogP) is 4.10. The van der Waals surface area contributed by atoms with Gasteiger partial charge in [-0.3, -0.25) is 9.69 Å². The summed E-state index contributed by atoms with van der Waals surface area (Å²) in [5.74, 6) is 0.154. The largest absolute Gasteiger partial charge is 0.442 e. The van der Waals surface area contributed by atoms with Crippen LogP contribution in [-0.2, 0) is 22.4 Å². The minimum atomic E-state index is -0.434. The van der Waals surface area contributed by atoms with Crippen LogP contribution in [0.2, 0.25) is 0 Å². The Hall–Kier alpha value is -3.68. The molecule has 1 saturated heterocycles. The minimum absolute atomic E-state index is 0.165. The van der Waals surface area contributed by atoms with Crippen LogP contribution in [0, 0.1) is 5.82 Å². The molecule has 1 unspecified atom stereocenters. The third-order valence-corrected chi connectivity index (χ3v) is 5.89. The van der Waals surface area contributed by atoms with Crippen LogP contribution in [0.5, 0.6) is 0 Å². The number of fused-ring (bicyclic) bond motifs is 3. The van der Waals surface area contributed by atoms with E-state index in [4.69, 9.17) is 9.26 Å². The van der Waals surface area contributed by atoms with Crippen LogP contribution in [0.15, 0.2) is 47.0 Å². The lowest BCUT2D eigenvalue weighted by atomic mass is 9.99. The summed E-state index contributed by atoms with van der Waals surface area (Å²) in [5, 5.41) is 6.87. The SMILES string of the molecule is CC(=O)NCC1CN(c2ccc3c(c2)CCCc2c(-c4ccccc4F)noc2-3)C(=O)O1. The van der Waals surface area contributed by atoms with Crippen molar-refractivity contribution in [2.24, 2.45) is 0 Å². The Morgan fingerprint density at radius 3 is 2.88 bits per heavy atom. The van der Waals surface area contributed by atoms with E-state index in [1.807, 2.05) is 18.2 Å². The molecule has 0 bridgehead atoms. The van der Waals surface area contributed by atoms with Gasteiger partial charge in [0.1, 0.15) is 17.6 Å². The van der Waals surface area contributed by atoms with Crippen molar-refractivity contribution in [3.05, 3.63) is 59.4 Å². The molecular formula is C24H22FN3O4. The van der Waals surface area contributed by atoms with E-state index in [0.717, 1.165) is 41.6 Å². The van der Waals surface area contributed by atoms with Crippen molar-refractivity contribution in [2.75, 3.05) is 18.0 Å². The van der Waals surface area contributed by atoms with Gasteiger partial charge in [0.2, 0.25) is 5.91 Å². The van der Waals surface area contributed by atoms with Gasteiger partial charge in [-0.05, 0) is 55.2 Å². The number of carbonyl (C=O) groups excluding carboxylic acids is 2. The number of aryl methyl sites for hydroxylation is 1. The smallest absolute Gasteiger partial charge is 0.414 e. The number of hydrogen-bond donors (Lipinski definition) is 1. The maximum absolute atomic E-state index is 14.4. The number of amides is 2. The van der Waals surface area contributed by atoms with E-state index in [9.17, 15) is 14.0 Å². The van der Waals surface area contributed by atoms with E-state index in [1.54, 1.807) is 23.1 Å². The fourth-order valence-corrected chi connectivity index (χ4v) is 4.35. The number of halogens is 1. The summed E-state index contributed by atoms with van der Waals surface area (Å²) in [6, 6.07) is 12.3. The Morgan fingerprint density at radius 1 is 1.22 bits per heavy atom. The van der Waals surface area contributed by atoms with Crippen LogP contribution in [0.4, 0.5) is 14.9 Å². The van der Waals surface area contributed by atoms with Gasteiger partial charge in [0.15, 0.2) is 5.76 Å². The summed E-state index contributed by atoms with van der Waals surface area (Å²) in [6.07, 6.45) is 1.53. The Morgan fingerprint density at radius 2 is 2.06 bits per heavy atom. The highest BCUT2D eigenvalue weighted by Crippen LogP contribution is 2.40. The molecule has 0 saturated carbocycles. The average molecular weight is 435 g/mol. The molecule has 1 aliphatic carbocycles. The maximum atomic E-state index is 14.4. The zero-order valence-electron chi connectivity index (χ0n) is 17.6. The summed E-state index contributed by atoms with van der Waals surface area (Å²) in [6.45, 7) is 2.07. The standard InChI is InChI=1S/C24H22FN3O4/c1-14(29)26-12-17-13-28(24(30)31-17)16-9-10-18-15(11-16)5-4-7-20-22(27-32-23(18)20)19-6-2-3-8-21(19)25/h2-3,6,8-11,17H,4-5,7,12-13H2,1H3,(H,26,29). The fraction of sp³-hybridized carbons (Fsp3) is 0.292. The molecule has 1 fully saturated rings. The summed E-state index contributed by atoms with van der Waals surface area (Å²) < 4.78 is 25.4. The van der Waals surface area contributed by atoms with Crippen molar-refractivity contribution in [3.8, 4) is 22.6 Å². The monoisotopic (exact) mass is 435 g/mol. The van der Waals surface area contributed by atoms with Crippen LogP contribution < -0.4 is 10.2 Å². The lowest BCUT2D eigenvalue weighted by molar-refractivity contribution is -0.119. The van der Waals surface area contributed by atoms with E-state index in [2.05, 4.69) is 10.5 Å². The van der Waals surface area contributed by atoms with Gasteiger partial charge >= 0.3 is 6.09 Å². The van der Waals surface area contributed by atoms with Gasteiger partial charge in [-0.15, -0.1) is 0 Å². The molecule has 2 amide bonds. The zero-order valence-corrected chi connectivity index (χ0v) is 17.6. The molecule has 0 spiro atoms. The fourth-order valence-electron chi connectivity index (χ4n) is 4.35. The van der Waals surface area contributed by atoms with Gasteiger partial charge in [-0.25, -0.2) is 9.18 Å². The van der Waals surface area contributed by atoms with Crippen LogP contribution >= 0.6 is 0 Å². The molecule has 1 aliphatic heterocycles. The second-order valence-electron chi connectivity index (χ2n) is 8.07. The van der Waals surface area contributed by atoms with Gasteiger partial charge in [0.05, 0.1) is 13.1 Å². The number of nitrogens with zero attached hydrogens (tertiary/aromatic N) is 2. The molecule has 8 heteroatoms. The normalized spacial score (nSPS) is 17.4. The summed E-state index contributed by atoms with van der Waals surface area (Å²) in [4.78, 5) is 25.1. The highest BCUT2D eigenvalue weighted by molar-refractivity contribution is 5.90. The summed E-state index contributed by atoms with van der Waals surface area (Å²) >= 11 is 0. The number of hydrogen-bond acceptors (Lipinski definition) is 5. The lowest BCUT2D eigenvalue weighted by Crippen LogP contribution is -2.33. The predicted molar refractivity (Wildman–Crippen MR) is 116 cm³/mol. The quantitative estimate of drug-likeness (QED) is 0.667. The van der Waals surface area contributed by atoms with Crippen molar-refractivity contribution in [1.82, 2.24) is 10.5 Å². The van der Waals surface area contributed by atoms with Crippen LogP contribution in [0.1, 0.15) is 24.5 Å². The Bertz CT molecular complexity index is 1210. The Kier molecular flexibility index (Phi) is 5.13. The van der Waals surface area contributed by atoms with E-state index < -0.39 is 12.2 Å². The number of cyclic esters (lactones) is 1. The molecule has 32 heavy (non-hydrogen) atoms. The average Bonchev–Trinajstić information content (AvgIpc) is 3.31. The lowest BCUT2D eigenvalue weighted by Gasteiger charge is -2.15. The number of rotatable bonds is 4. The van der Waals surface area contributed by atoms with Crippen molar-refractivity contribution >= 4 is 17.7 Å².